The number of rotatable bonds is 12. The van der Waals surface area contributed by atoms with Crippen molar-refractivity contribution >= 4 is 11.7 Å². The van der Waals surface area contributed by atoms with Crippen LogP contribution in [0.15, 0.2) is 71.7 Å². The summed E-state index contributed by atoms with van der Waals surface area (Å²) in [7, 11) is 3.05. The fraction of sp³-hybridized carbons (Fsp3) is 0.370. The lowest BCUT2D eigenvalue weighted by Gasteiger charge is -2.39. The molecule has 0 atom stereocenters. The number of alkyl halides is 3. The van der Waals surface area contributed by atoms with Crippen LogP contribution in [0.25, 0.3) is 0 Å². The van der Waals surface area contributed by atoms with E-state index in [0.29, 0.717) is 43.4 Å². The number of hydrogen-bond acceptors (Lipinski definition) is 8. The number of amides is 1. The molecule has 1 fully saturated rings. The van der Waals surface area contributed by atoms with Crippen molar-refractivity contribution in [1.82, 2.24) is 14.9 Å². The molecule has 12 heteroatoms. The number of aromatic nitrogens is 2. The first-order valence-electron chi connectivity index (χ1n) is 12.0. The van der Waals surface area contributed by atoms with E-state index in [1.807, 2.05) is 6.07 Å². The Morgan fingerprint density at radius 3 is 2.64 bits per heavy atom. The van der Waals surface area contributed by atoms with Gasteiger partial charge in [-0.25, -0.2) is 4.98 Å². The van der Waals surface area contributed by atoms with Gasteiger partial charge in [-0.15, -0.1) is 0 Å². The second kappa shape index (κ2) is 12.8. The molecule has 0 saturated carbocycles. The predicted molar refractivity (Wildman–Crippen MR) is 140 cm³/mol. The Labute approximate surface area is 224 Å². The minimum absolute atomic E-state index is 0.0630. The van der Waals surface area contributed by atoms with Gasteiger partial charge in [0.15, 0.2) is 5.60 Å². The van der Waals surface area contributed by atoms with Crippen LogP contribution in [0.1, 0.15) is 34.2 Å². The van der Waals surface area contributed by atoms with Crippen LogP contribution in [0.3, 0.4) is 0 Å². The van der Waals surface area contributed by atoms with E-state index in [-0.39, 0.29) is 12.1 Å². The van der Waals surface area contributed by atoms with Crippen LogP contribution in [0.5, 0.6) is 0 Å². The normalized spacial score (nSPS) is 15.1. The molecule has 2 aromatic rings. The average molecular weight is 546 g/mol. The largest absolute Gasteiger partial charge is 0.433 e. The van der Waals surface area contributed by atoms with Gasteiger partial charge in [-0.3, -0.25) is 9.78 Å². The Kier molecular flexibility index (Phi) is 9.71. The third-order valence-corrected chi connectivity index (χ3v) is 6.00. The van der Waals surface area contributed by atoms with Gasteiger partial charge >= 0.3 is 6.18 Å². The van der Waals surface area contributed by atoms with Crippen LogP contribution in [-0.2, 0) is 27.7 Å². The van der Waals surface area contributed by atoms with Crippen molar-refractivity contribution in [2.24, 2.45) is 5.18 Å². The number of nitrogens with one attached hydrogen (secondary N) is 1. The first-order valence-corrected chi connectivity index (χ1v) is 12.0. The van der Waals surface area contributed by atoms with E-state index in [2.05, 4.69) is 27.0 Å². The molecule has 9 nitrogen and oxygen atoms in total. The Balaban J connectivity index is 1.94. The second-order valence-electron chi connectivity index (χ2n) is 9.02. The van der Waals surface area contributed by atoms with Gasteiger partial charge in [0, 0.05) is 38.2 Å². The zero-order chi connectivity index (χ0) is 28.6. The molecule has 0 aromatic carbocycles. The molecule has 0 spiro atoms. The number of pyridine rings is 2. The van der Waals surface area contributed by atoms with Gasteiger partial charge in [0.1, 0.15) is 11.5 Å². The van der Waals surface area contributed by atoms with Crippen LogP contribution in [0.2, 0.25) is 0 Å². The first kappa shape index (κ1) is 29.7. The van der Waals surface area contributed by atoms with Crippen molar-refractivity contribution in [2.75, 3.05) is 45.8 Å². The van der Waals surface area contributed by atoms with E-state index in [0.717, 1.165) is 23.4 Å². The van der Waals surface area contributed by atoms with Crippen molar-refractivity contribution in [3.05, 3.63) is 94.0 Å². The van der Waals surface area contributed by atoms with Crippen LogP contribution >= 0.6 is 0 Å². The maximum Gasteiger partial charge on any atom is 0.433 e. The van der Waals surface area contributed by atoms with Crippen LogP contribution in [-0.4, -0.2) is 61.2 Å². The molecular weight excluding hydrogens is 515 g/mol. The standard InChI is InChI=1S/C27H30F3N5O4/c1-18(2)5-7-21(35(3)25(36)20-9-10-31-23(15-20)27(28,29)30)8-6-19-13-22(26(38-4)16-39-17-26)34-24(14-19)32-11-12-33-37/h5,7-10,13-15H,1,6,11-12,16-17H2,2-4H3,(H,32,34)/b7-5-,21-8+. The summed E-state index contributed by atoms with van der Waals surface area (Å²) in [6, 6.07) is 5.63. The van der Waals surface area contributed by atoms with Crippen molar-refractivity contribution in [3.8, 4) is 0 Å². The molecule has 2 aromatic heterocycles. The lowest BCUT2D eigenvalue weighted by molar-refractivity contribution is -0.204. The zero-order valence-corrected chi connectivity index (χ0v) is 21.9. The number of carbonyl (C=O) groups excluding carboxylic acids is 1. The Bertz CT molecular complexity index is 1270. The molecule has 3 heterocycles. The molecule has 3 rings (SSSR count). The molecular formula is C27H30F3N5O4. The number of nitrogens with zero attached hydrogens (tertiary/aromatic N) is 4. The average Bonchev–Trinajstić information content (AvgIpc) is 2.87. The number of hydrogen-bond donors (Lipinski definition) is 1. The number of methoxy groups -OCH3 is 1. The summed E-state index contributed by atoms with van der Waals surface area (Å²) >= 11 is 0. The molecule has 0 radical (unpaired) electrons. The van der Waals surface area contributed by atoms with Gasteiger partial charge in [0.25, 0.3) is 5.91 Å². The maximum absolute atomic E-state index is 13.1. The lowest BCUT2D eigenvalue weighted by Crippen LogP contribution is -2.49. The molecule has 208 valence electrons. The van der Waals surface area contributed by atoms with Gasteiger partial charge in [0.05, 0.1) is 25.5 Å². The van der Waals surface area contributed by atoms with Crippen molar-refractivity contribution < 1.29 is 27.4 Å². The minimum atomic E-state index is -4.68. The Hall–Kier alpha value is -3.90. The Morgan fingerprint density at radius 1 is 1.31 bits per heavy atom. The minimum Gasteiger partial charge on any atom is -0.374 e. The first-order chi connectivity index (χ1) is 18.5. The molecule has 1 aliphatic heterocycles. The number of likely N-dealkylation sites (N-methyl/N-ethyl adjacent to an activating group) is 1. The van der Waals surface area contributed by atoms with E-state index in [1.165, 1.54) is 18.0 Å². The fourth-order valence-electron chi connectivity index (χ4n) is 3.71. The second-order valence-corrected chi connectivity index (χ2v) is 9.02. The van der Waals surface area contributed by atoms with E-state index < -0.39 is 23.4 Å². The smallest absolute Gasteiger partial charge is 0.374 e. The summed E-state index contributed by atoms with van der Waals surface area (Å²) in [5, 5.41) is 5.92. The number of halogens is 3. The summed E-state index contributed by atoms with van der Waals surface area (Å²) < 4.78 is 50.5. The van der Waals surface area contributed by atoms with Crippen LogP contribution in [0.4, 0.5) is 19.0 Å². The van der Waals surface area contributed by atoms with E-state index in [9.17, 15) is 22.9 Å². The third kappa shape index (κ3) is 7.58. The highest BCUT2D eigenvalue weighted by molar-refractivity contribution is 5.95. The van der Waals surface area contributed by atoms with Crippen molar-refractivity contribution in [1.29, 1.82) is 0 Å². The van der Waals surface area contributed by atoms with E-state index >= 15 is 0 Å². The van der Waals surface area contributed by atoms with Gasteiger partial charge in [-0.05, 0) is 49.2 Å². The van der Waals surface area contributed by atoms with Crippen molar-refractivity contribution in [2.45, 2.75) is 25.1 Å². The highest BCUT2D eigenvalue weighted by Crippen LogP contribution is 2.33. The SMILES string of the molecule is C=C(C)/C=C\C(=C/Cc1cc(NCCN=O)nc(C2(OC)COC2)c1)N(C)C(=O)c1ccnc(C(F)(F)F)c1. The fourth-order valence-corrected chi connectivity index (χ4v) is 3.71. The summed E-state index contributed by atoms with van der Waals surface area (Å²) in [5.74, 6) is -0.118. The molecule has 1 aliphatic rings. The summed E-state index contributed by atoms with van der Waals surface area (Å²) in [6.45, 7) is 6.64. The van der Waals surface area contributed by atoms with Crippen molar-refractivity contribution in [3.63, 3.8) is 0 Å². The van der Waals surface area contributed by atoms with E-state index in [1.54, 1.807) is 38.3 Å². The highest BCUT2D eigenvalue weighted by Gasteiger charge is 2.42. The Morgan fingerprint density at radius 2 is 2.05 bits per heavy atom. The monoisotopic (exact) mass is 545 g/mol. The van der Waals surface area contributed by atoms with E-state index in [4.69, 9.17) is 9.47 Å². The molecule has 0 bridgehead atoms. The predicted octanol–water partition coefficient (Wildman–Crippen LogP) is 4.88. The zero-order valence-electron chi connectivity index (χ0n) is 21.9. The molecule has 0 unspecified atom stereocenters. The lowest BCUT2D eigenvalue weighted by atomic mass is 9.94. The summed E-state index contributed by atoms with van der Waals surface area (Å²) in [5.41, 5.74) is 0.623. The molecule has 39 heavy (non-hydrogen) atoms. The molecule has 1 saturated heterocycles. The van der Waals surface area contributed by atoms with Gasteiger partial charge in [-0.2, -0.15) is 18.1 Å². The number of nitroso groups, excluding NO2 is 1. The highest BCUT2D eigenvalue weighted by atomic mass is 19.4. The quantitative estimate of drug-likeness (QED) is 0.230. The van der Waals surface area contributed by atoms with Gasteiger partial charge in [-0.1, -0.05) is 29.5 Å². The summed E-state index contributed by atoms with van der Waals surface area (Å²) in [4.78, 5) is 32.9. The number of anilines is 1. The van der Waals surface area contributed by atoms with Gasteiger partial charge < -0.3 is 19.7 Å². The number of ether oxygens (including phenoxy) is 2. The topological polar surface area (TPSA) is 106 Å². The molecule has 1 N–H and O–H groups in total. The number of allylic oxidation sites excluding steroid dienone is 4. The van der Waals surface area contributed by atoms with Crippen LogP contribution < -0.4 is 5.32 Å². The molecule has 1 amide bonds. The summed E-state index contributed by atoms with van der Waals surface area (Å²) in [6.07, 6.45) is 1.76. The number of carbonyl (C=O) groups is 1. The molecule has 0 aliphatic carbocycles. The van der Waals surface area contributed by atoms with Gasteiger partial charge in [0.2, 0.25) is 0 Å². The van der Waals surface area contributed by atoms with Crippen LogP contribution in [0, 0.1) is 4.91 Å². The third-order valence-electron chi connectivity index (χ3n) is 6.00. The maximum atomic E-state index is 13.1.